The average molecular weight is 424 g/mol. The van der Waals surface area contributed by atoms with Gasteiger partial charge >= 0.3 is 0 Å². The molecule has 2 aliphatic heterocycles. The van der Waals surface area contributed by atoms with Crippen molar-refractivity contribution in [3.05, 3.63) is 53.1 Å². The zero-order valence-electron chi connectivity index (χ0n) is 15.9. The number of aromatic amines is 1. The summed E-state index contributed by atoms with van der Waals surface area (Å²) in [6.45, 7) is 2.06. The molecule has 2 saturated heterocycles. The van der Waals surface area contributed by atoms with Crippen LogP contribution in [0.5, 0.6) is 0 Å². The smallest absolute Gasteiger partial charge is 0.287 e. The van der Waals surface area contributed by atoms with Crippen LogP contribution in [0.15, 0.2) is 24.5 Å². The number of ether oxygens (including phenoxy) is 1. The highest BCUT2D eigenvalue weighted by molar-refractivity contribution is 7.82. The van der Waals surface area contributed by atoms with Crippen molar-refractivity contribution in [3.63, 3.8) is 0 Å². The highest BCUT2D eigenvalue weighted by Crippen LogP contribution is 2.34. The van der Waals surface area contributed by atoms with Crippen LogP contribution in [-0.2, 0) is 27.8 Å². The first-order valence-corrected chi connectivity index (χ1v) is 10.7. The Morgan fingerprint density at radius 1 is 1.41 bits per heavy atom. The van der Waals surface area contributed by atoms with Gasteiger partial charge in [0.25, 0.3) is 5.91 Å². The molecule has 2 aromatic rings. The van der Waals surface area contributed by atoms with Crippen LogP contribution in [0, 0.1) is 11.6 Å². The Bertz CT molecular complexity index is 934. The summed E-state index contributed by atoms with van der Waals surface area (Å²) in [7, 11) is -1.20. The van der Waals surface area contributed by atoms with E-state index < -0.39 is 34.1 Å². The van der Waals surface area contributed by atoms with Gasteiger partial charge in [-0.3, -0.25) is 4.79 Å². The van der Waals surface area contributed by atoms with Gasteiger partial charge in [-0.15, -0.1) is 0 Å². The number of amides is 1. The highest BCUT2D eigenvalue weighted by atomic mass is 32.2. The molecule has 2 atom stereocenters. The molecule has 156 valence electrons. The molecule has 10 heteroatoms. The number of nitrogens with one attached hydrogen (secondary N) is 2. The van der Waals surface area contributed by atoms with Gasteiger partial charge in [-0.1, -0.05) is 0 Å². The molecule has 1 unspecified atom stereocenters. The Morgan fingerprint density at radius 2 is 2.21 bits per heavy atom. The number of nitrogens with zero attached hydrogens (tertiary/aromatic N) is 2. The molecule has 29 heavy (non-hydrogen) atoms. The first-order chi connectivity index (χ1) is 13.9. The summed E-state index contributed by atoms with van der Waals surface area (Å²) in [5.74, 6) is -1.16. The number of rotatable bonds is 5. The third-order valence-electron chi connectivity index (χ3n) is 5.43. The average Bonchev–Trinajstić information content (AvgIpc) is 3.19. The molecule has 2 N–H and O–H groups in total. The number of H-pyrrole nitrogens is 1. The molecule has 1 aromatic heterocycles. The molecular weight excluding hydrogens is 402 g/mol. The molecule has 1 amide bonds. The minimum atomic E-state index is -1.20. The first-order valence-electron chi connectivity index (χ1n) is 9.43. The van der Waals surface area contributed by atoms with Gasteiger partial charge in [0.05, 0.1) is 24.2 Å². The number of halogens is 2. The van der Waals surface area contributed by atoms with E-state index in [1.807, 2.05) is 6.92 Å². The van der Waals surface area contributed by atoms with Crippen molar-refractivity contribution < 1.29 is 22.5 Å². The summed E-state index contributed by atoms with van der Waals surface area (Å²) in [5.41, 5.74) is -0.993. The minimum Gasteiger partial charge on any atom is -0.376 e. The Labute approximate surface area is 169 Å². The van der Waals surface area contributed by atoms with Gasteiger partial charge in [-0.2, -0.15) is 0 Å². The van der Waals surface area contributed by atoms with Crippen molar-refractivity contribution in [2.24, 2.45) is 0 Å². The predicted molar refractivity (Wildman–Crippen MR) is 102 cm³/mol. The summed E-state index contributed by atoms with van der Waals surface area (Å²) >= 11 is 0. The van der Waals surface area contributed by atoms with Crippen molar-refractivity contribution in [2.45, 2.75) is 37.9 Å². The van der Waals surface area contributed by atoms with Gasteiger partial charge in [-0.25, -0.2) is 22.3 Å². The van der Waals surface area contributed by atoms with Crippen LogP contribution < -0.4 is 5.32 Å². The summed E-state index contributed by atoms with van der Waals surface area (Å²) in [4.78, 5) is 18.9. The van der Waals surface area contributed by atoms with Crippen LogP contribution in [0.2, 0.25) is 0 Å². The van der Waals surface area contributed by atoms with E-state index in [1.54, 1.807) is 4.31 Å². The van der Waals surface area contributed by atoms with E-state index in [2.05, 4.69) is 15.3 Å². The lowest BCUT2D eigenvalue weighted by atomic mass is 9.86. The highest BCUT2D eigenvalue weighted by Gasteiger charge is 2.45. The second-order valence-corrected chi connectivity index (χ2v) is 9.00. The number of benzene rings is 1. The Hall–Kier alpha value is -2.17. The maximum Gasteiger partial charge on any atom is 0.287 e. The van der Waals surface area contributed by atoms with Gasteiger partial charge in [-0.05, 0) is 31.9 Å². The molecule has 7 nitrogen and oxygen atoms in total. The van der Waals surface area contributed by atoms with Crippen LogP contribution in [0.3, 0.4) is 0 Å². The maximum atomic E-state index is 15.0. The second-order valence-electron chi connectivity index (χ2n) is 7.48. The van der Waals surface area contributed by atoms with Gasteiger partial charge in [0.2, 0.25) is 0 Å². The number of hydrogen-bond donors (Lipinski definition) is 2. The lowest BCUT2D eigenvalue weighted by molar-refractivity contribution is -0.0751. The van der Waals surface area contributed by atoms with Crippen molar-refractivity contribution in [1.29, 1.82) is 0 Å². The molecule has 2 fully saturated rings. The van der Waals surface area contributed by atoms with Crippen molar-refractivity contribution in [2.75, 3.05) is 19.0 Å². The Balaban J connectivity index is 1.59. The van der Waals surface area contributed by atoms with E-state index in [1.165, 1.54) is 12.4 Å². The standard InChI is InChI=1S/C19H22F2N4O3S/c1-12-3-2-6-29(27)25(12)9-13-7-16(21)14(8-15(13)20)19(10-28-11-19)24-18(26)17-22-4-5-23-17/h4-5,7-8,12H,2-3,6,9-11H2,1H3,(H,22,23)(H,24,26)/t12-,29?/m1/s1. The molecule has 0 radical (unpaired) electrons. The summed E-state index contributed by atoms with van der Waals surface area (Å²) in [5, 5.41) is 2.71. The van der Waals surface area contributed by atoms with E-state index in [0.717, 1.165) is 25.0 Å². The number of aromatic nitrogens is 2. The SMILES string of the molecule is C[C@@H]1CCCS(=O)N1Cc1cc(F)c(C2(NC(=O)c3ncc[nH]3)COC2)cc1F. The summed E-state index contributed by atoms with van der Waals surface area (Å²) in [6, 6.07) is 2.26. The normalized spacial score (nSPS) is 24.1. The minimum absolute atomic E-state index is 0.0257. The van der Waals surface area contributed by atoms with E-state index >= 15 is 0 Å². The number of imidazole rings is 1. The number of hydrogen-bond acceptors (Lipinski definition) is 4. The van der Waals surface area contributed by atoms with Gasteiger partial charge in [0.15, 0.2) is 5.82 Å². The van der Waals surface area contributed by atoms with Crippen LogP contribution in [0.25, 0.3) is 0 Å². The van der Waals surface area contributed by atoms with Gasteiger partial charge in [0, 0.05) is 41.9 Å². The third-order valence-corrected chi connectivity index (χ3v) is 7.08. The predicted octanol–water partition coefficient (Wildman–Crippen LogP) is 1.99. The molecule has 1 aromatic carbocycles. The van der Waals surface area contributed by atoms with Crippen molar-refractivity contribution in [3.8, 4) is 0 Å². The van der Waals surface area contributed by atoms with E-state index in [-0.39, 0.29) is 42.8 Å². The number of carbonyl (C=O) groups excluding carboxylic acids is 1. The second kappa shape index (κ2) is 7.92. The first kappa shape index (κ1) is 20.1. The fraction of sp³-hybridized carbons (Fsp3) is 0.474. The quantitative estimate of drug-likeness (QED) is 0.769. The largest absolute Gasteiger partial charge is 0.376 e. The molecule has 0 saturated carbocycles. The molecule has 4 rings (SSSR count). The zero-order valence-corrected chi connectivity index (χ0v) is 16.7. The monoisotopic (exact) mass is 424 g/mol. The topological polar surface area (TPSA) is 87.3 Å². The van der Waals surface area contributed by atoms with Crippen LogP contribution >= 0.6 is 0 Å². The molecule has 3 heterocycles. The van der Waals surface area contributed by atoms with Gasteiger partial charge in [0.1, 0.15) is 17.2 Å². The third kappa shape index (κ3) is 3.84. The summed E-state index contributed by atoms with van der Waals surface area (Å²) < 4.78 is 49.0. The van der Waals surface area contributed by atoms with E-state index in [0.29, 0.717) is 5.75 Å². The molecule has 0 aliphatic carbocycles. The Morgan fingerprint density at radius 3 is 2.83 bits per heavy atom. The Kier molecular flexibility index (Phi) is 5.50. The van der Waals surface area contributed by atoms with Crippen LogP contribution in [0.1, 0.15) is 41.5 Å². The zero-order chi connectivity index (χ0) is 20.6. The van der Waals surface area contributed by atoms with Gasteiger partial charge < -0.3 is 15.0 Å². The van der Waals surface area contributed by atoms with Crippen LogP contribution in [0.4, 0.5) is 8.78 Å². The summed E-state index contributed by atoms with van der Waals surface area (Å²) in [6.07, 6.45) is 4.66. The molecule has 0 spiro atoms. The number of carbonyl (C=O) groups is 1. The van der Waals surface area contributed by atoms with Crippen molar-refractivity contribution >= 4 is 16.9 Å². The molecule has 2 aliphatic rings. The van der Waals surface area contributed by atoms with E-state index in [9.17, 15) is 17.8 Å². The fourth-order valence-corrected chi connectivity index (χ4v) is 5.14. The molecule has 0 bridgehead atoms. The van der Waals surface area contributed by atoms with Crippen molar-refractivity contribution in [1.82, 2.24) is 19.6 Å². The fourth-order valence-electron chi connectivity index (χ4n) is 3.70. The lowest BCUT2D eigenvalue weighted by Crippen LogP contribution is -2.60. The molecular formula is C19H22F2N4O3S. The van der Waals surface area contributed by atoms with E-state index in [4.69, 9.17) is 4.74 Å². The lowest BCUT2D eigenvalue weighted by Gasteiger charge is -2.42. The van der Waals surface area contributed by atoms with Crippen LogP contribution in [-0.4, -0.2) is 49.4 Å². The maximum absolute atomic E-state index is 15.0.